The first-order chi connectivity index (χ1) is 10.1. The number of hydrogen-bond acceptors (Lipinski definition) is 5. The first kappa shape index (κ1) is 15.7. The van der Waals surface area contributed by atoms with E-state index >= 15 is 0 Å². The van der Waals surface area contributed by atoms with E-state index in [1.165, 1.54) is 0 Å². The summed E-state index contributed by atoms with van der Waals surface area (Å²) in [6.07, 6.45) is 1.58. The second-order valence-corrected chi connectivity index (χ2v) is 5.34. The Morgan fingerprint density at radius 1 is 1.38 bits per heavy atom. The largest absolute Gasteiger partial charge is 0.493 e. The van der Waals surface area contributed by atoms with Crippen molar-refractivity contribution in [3.8, 4) is 11.5 Å². The minimum atomic E-state index is 0.284. The molecule has 0 amide bonds. The summed E-state index contributed by atoms with van der Waals surface area (Å²) < 4.78 is 16.2. The van der Waals surface area contributed by atoms with Gasteiger partial charge < -0.3 is 19.3 Å². The summed E-state index contributed by atoms with van der Waals surface area (Å²) in [5.41, 5.74) is 0.938. The fourth-order valence-corrected chi connectivity index (χ4v) is 2.07. The van der Waals surface area contributed by atoms with Crippen LogP contribution in [0, 0.1) is 0 Å². The molecule has 6 heteroatoms. The number of hydrogen-bond donors (Lipinski definition) is 1. The van der Waals surface area contributed by atoms with Crippen molar-refractivity contribution in [1.29, 1.82) is 0 Å². The Labute approximate surface area is 129 Å². The van der Waals surface area contributed by atoms with Crippen LogP contribution in [0.15, 0.2) is 28.9 Å². The zero-order valence-corrected chi connectivity index (χ0v) is 13.1. The van der Waals surface area contributed by atoms with Crippen molar-refractivity contribution in [2.75, 3.05) is 7.11 Å². The van der Waals surface area contributed by atoms with Gasteiger partial charge in [-0.15, -0.1) is 0 Å². The monoisotopic (exact) mass is 310 g/mol. The van der Waals surface area contributed by atoms with Crippen LogP contribution in [0.3, 0.4) is 0 Å². The van der Waals surface area contributed by atoms with Crippen molar-refractivity contribution >= 4 is 11.6 Å². The minimum Gasteiger partial charge on any atom is -0.493 e. The zero-order chi connectivity index (χ0) is 15.2. The third-order valence-electron chi connectivity index (χ3n) is 2.87. The van der Waals surface area contributed by atoms with E-state index in [4.69, 9.17) is 25.6 Å². The molecule has 0 aliphatic carbocycles. The van der Waals surface area contributed by atoms with Gasteiger partial charge in [-0.1, -0.05) is 30.6 Å². The van der Waals surface area contributed by atoms with Gasteiger partial charge in [-0.2, -0.15) is 0 Å². The summed E-state index contributed by atoms with van der Waals surface area (Å²) in [5.74, 6) is 1.91. The number of ether oxygens (including phenoxy) is 2. The molecular formula is C15H19ClN2O3. The molecule has 0 unspecified atom stereocenters. The highest BCUT2D eigenvalue weighted by atomic mass is 35.5. The topological polar surface area (TPSA) is 56.5 Å². The van der Waals surface area contributed by atoms with E-state index in [9.17, 15) is 0 Å². The first-order valence-corrected chi connectivity index (χ1v) is 7.10. The number of nitrogens with one attached hydrogen (secondary N) is 1. The molecule has 0 fully saturated rings. The Kier molecular flexibility index (Phi) is 5.47. The predicted molar refractivity (Wildman–Crippen MR) is 80.8 cm³/mol. The highest BCUT2D eigenvalue weighted by Gasteiger charge is 2.14. The second kappa shape index (κ2) is 7.33. The smallest absolute Gasteiger partial charge is 0.174 e. The molecule has 1 heterocycles. The van der Waals surface area contributed by atoms with Crippen molar-refractivity contribution in [3.05, 3.63) is 40.7 Å². The lowest BCUT2D eigenvalue weighted by Gasteiger charge is -2.16. The van der Waals surface area contributed by atoms with Crippen molar-refractivity contribution in [1.82, 2.24) is 10.5 Å². The van der Waals surface area contributed by atoms with Crippen molar-refractivity contribution in [2.24, 2.45) is 0 Å². The molecule has 0 spiro atoms. The third-order valence-corrected chi connectivity index (χ3v) is 3.09. The van der Waals surface area contributed by atoms with E-state index in [0.29, 0.717) is 34.9 Å². The van der Waals surface area contributed by atoms with Crippen molar-refractivity contribution in [3.63, 3.8) is 0 Å². The summed E-state index contributed by atoms with van der Waals surface area (Å²) in [4.78, 5) is 0. The van der Waals surface area contributed by atoms with Crippen molar-refractivity contribution < 1.29 is 14.0 Å². The minimum absolute atomic E-state index is 0.284. The number of nitrogens with zero attached hydrogens (tertiary/aromatic N) is 1. The molecule has 2 rings (SSSR count). The SMILES string of the molecule is COc1cc(Cl)cc(CNC(C)C)c1OCc1ccno1. The standard InChI is InChI=1S/C15H19ClN2O3/c1-10(2)17-8-11-6-12(16)7-14(19-3)15(11)20-9-13-4-5-18-21-13/h4-7,10,17H,8-9H2,1-3H3. The highest BCUT2D eigenvalue weighted by molar-refractivity contribution is 6.30. The van der Waals surface area contributed by atoms with E-state index in [1.54, 1.807) is 25.4 Å². The maximum absolute atomic E-state index is 6.12. The van der Waals surface area contributed by atoms with Gasteiger partial charge in [0.05, 0.1) is 13.3 Å². The van der Waals surface area contributed by atoms with Crippen molar-refractivity contribution in [2.45, 2.75) is 33.0 Å². The molecule has 0 radical (unpaired) electrons. The second-order valence-electron chi connectivity index (χ2n) is 4.90. The van der Waals surface area contributed by atoms with E-state index in [1.807, 2.05) is 6.07 Å². The average Bonchev–Trinajstić information content (AvgIpc) is 2.96. The van der Waals surface area contributed by atoms with E-state index in [2.05, 4.69) is 24.3 Å². The number of aromatic nitrogens is 1. The first-order valence-electron chi connectivity index (χ1n) is 6.72. The Morgan fingerprint density at radius 3 is 2.81 bits per heavy atom. The fourth-order valence-electron chi connectivity index (χ4n) is 1.84. The van der Waals surface area contributed by atoms with Crippen LogP contribution in [0.2, 0.25) is 5.02 Å². The highest BCUT2D eigenvalue weighted by Crippen LogP contribution is 2.35. The summed E-state index contributed by atoms with van der Waals surface area (Å²) >= 11 is 6.12. The van der Waals surface area contributed by atoms with Gasteiger partial charge in [0.2, 0.25) is 0 Å². The van der Waals surface area contributed by atoms with Crippen LogP contribution in [0.5, 0.6) is 11.5 Å². The molecule has 0 saturated heterocycles. The molecule has 0 atom stereocenters. The molecule has 1 aromatic heterocycles. The number of methoxy groups -OCH3 is 1. The number of halogens is 1. The number of rotatable bonds is 7. The molecule has 0 aliphatic rings. The summed E-state index contributed by atoms with van der Waals surface area (Å²) in [6.45, 7) is 5.08. The Bertz CT molecular complexity index is 571. The normalized spacial score (nSPS) is 10.9. The molecule has 0 bridgehead atoms. The molecular weight excluding hydrogens is 292 g/mol. The van der Waals surface area contributed by atoms with Gasteiger partial charge in [0.15, 0.2) is 17.3 Å². The lowest BCUT2D eigenvalue weighted by atomic mass is 10.1. The van der Waals surface area contributed by atoms with Gasteiger partial charge in [-0.25, -0.2) is 0 Å². The lowest BCUT2D eigenvalue weighted by molar-refractivity contribution is 0.236. The van der Waals surface area contributed by atoms with Crippen LogP contribution >= 0.6 is 11.6 Å². The maximum atomic E-state index is 6.12. The number of benzene rings is 1. The molecule has 5 nitrogen and oxygen atoms in total. The molecule has 2 aromatic rings. The van der Waals surface area contributed by atoms with Gasteiger partial charge in [-0.3, -0.25) is 0 Å². The Morgan fingerprint density at radius 2 is 2.19 bits per heavy atom. The van der Waals surface area contributed by atoms with Gasteiger partial charge in [0.1, 0.15) is 6.61 Å². The van der Waals surface area contributed by atoms with E-state index < -0.39 is 0 Å². The summed E-state index contributed by atoms with van der Waals surface area (Å²) in [7, 11) is 1.59. The average molecular weight is 311 g/mol. The Hall–Kier alpha value is -1.72. The molecule has 1 aromatic carbocycles. The predicted octanol–water partition coefficient (Wildman–Crippen LogP) is 3.41. The van der Waals surface area contributed by atoms with Gasteiger partial charge in [0, 0.05) is 35.3 Å². The van der Waals surface area contributed by atoms with Gasteiger partial charge in [0.25, 0.3) is 0 Å². The van der Waals surface area contributed by atoms with Crippen LogP contribution in [-0.2, 0) is 13.2 Å². The van der Waals surface area contributed by atoms with Crippen LogP contribution in [0.25, 0.3) is 0 Å². The molecule has 0 aliphatic heterocycles. The fraction of sp³-hybridized carbons (Fsp3) is 0.400. The lowest BCUT2D eigenvalue weighted by Crippen LogP contribution is -2.22. The van der Waals surface area contributed by atoms with Crippen LogP contribution < -0.4 is 14.8 Å². The van der Waals surface area contributed by atoms with Crippen LogP contribution in [-0.4, -0.2) is 18.3 Å². The summed E-state index contributed by atoms with van der Waals surface area (Å²) in [5, 5.41) is 7.61. The van der Waals surface area contributed by atoms with E-state index in [-0.39, 0.29) is 6.61 Å². The zero-order valence-electron chi connectivity index (χ0n) is 12.4. The summed E-state index contributed by atoms with van der Waals surface area (Å²) in [6, 6.07) is 5.72. The van der Waals surface area contributed by atoms with Crippen LogP contribution in [0.4, 0.5) is 0 Å². The van der Waals surface area contributed by atoms with E-state index in [0.717, 1.165) is 5.56 Å². The third kappa shape index (κ3) is 4.37. The van der Waals surface area contributed by atoms with Crippen LogP contribution in [0.1, 0.15) is 25.2 Å². The van der Waals surface area contributed by atoms with Gasteiger partial charge in [-0.05, 0) is 6.07 Å². The molecule has 21 heavy (non-hydrogen) atoms. The van der Waals surface area contributed by atoms with Gasteiger partial charge >= 0.3 is 0 Å². The Balaban J connectivity index is 2.21. The molecule has 0 saturated carbocycles. The quantitative estimate of drug-likeness (QED) is 0.849. The molecule has 1 N–H and O–H groups in total. The maximum Gasteiger partial charge on any atom is 0.174 e. The molecule has 114 valence electrons.